The van der Waals surface area contributed by atoms with Gasteiger partial charge in [-0.2, -0.15) is 0 Å². The number of pyridine rings is 1. The number of nitrogens with zero attached hydrogens (tertiary/aromatic N) is 1. The molecule has 0 aliphatic heterocycles. The molecule has 4 aromatic rings. The molecule has 0 radical (unpaired) electrons. The van der Waals surface area contributed by atoms with Crippen molar-refractivity contribution in [1.82, 2.24) is 9.55 Å². The van der Waals surface area contributed by atoms with E-state index in [1.807, 2.05) is 38.1 Å². The van der Waals surface area contributed by atoms with Crippen LogP contribution in [0.2, 0.25) is 0 Å². The molecule has 5 nitrogen and oxygen atoms in total. The van der Waals surface area contributed by atoms with E-state index in [-0.39, 0.29) is 11.5 Å². The highest BCUT2D eigenvalue weighted by Gasteiger charge is 2.16. The van der Waals surface area contributed by atoms with Gasteiger partial charge >= 0.3 is 5.97 Å². The number of ether oxygens (including phenoxy) is 1. The van der Waals surface area contributed by atoms with Crippen LogP contribution in [0.5, 0.6) is 0 Å². The molecule has 0 atom stereocenters. The summed E-state index contributed by atoms with van der Waals surface area (Å²) in [5.74, 6) is -0.384. The van der Waals surface area contributed by atoms with Crippen LogP contribution in [0.1, 0.15) is 21.5 Å². The fraction of sp³-hybridized carbons (Fsp3) is 0.182. The molecule has 0 amide bonds. The maximum absolute atomic E-state index is 13.0. The van der Waals surface area contributed by atoms with Gasteiger partial charge in [0, 0.05) is 28.9 Å². The van der Waals surface area contributed by atoms with E-state index in [2.05, 4.69) is 11.1 Å². The van der Waals surface area contributed by atoms with Gasteiger partial charge in [-0.1, -0.05) is 23.8 Å². The zero-order valence-corrected chi connectivity index (χ0v) is 15.7. The molecule has 1 N–H and O–H groups in total. The zero-order valence-electron chi connectivity index (χ0n) is 15.7. The normalized spacial score (nSPS) is 11.3. The van der Waals surface area contributed by atoms with Gasteiger partial charge in [0.05, 0.1) is 12.7 Å². The van der Waals surface area contributed by atoms with Gasteiger partial charge in [0.15, 0.2) is 0 Å². The average Bonchev–Trinajstić information content (AvgIpc) is 3.02. The molecule has 0 spiro atoms. The Balaban J connectivity index is 2.07. The monoisotopic (exact) mass is 360 g/mol. The Labute approximate surface area is 156 Å². The number of carbonyl (C=O) groups excluding carboxylic acids is 1. The van der Waals surface area contributed by atoms with Gasteiger partial charge in [-0.05, 0) is 49.2 Å². The minimum Gasteiger partial charge on any atom is -0.465 e. The standard InChI is InChI=1S/C22H20N2O3/c1-12-5-7-15(13(2)9-12)18-11-17-16-10-14(22(26)27-4)6-8-19(16)23-20(17)24(3)21(18)25/h5-11,23H,1-4H3. The number of methoxy groups -OCH3 is 1. The summed E-state index contributed by atoms with van der Waals surface area (Å²) in [5, 5.41) is 1.78. The highest BCUT2D eigenvalue weighted by molar-refractivity contribution is 6.09. The molecule has 0 saturated heterocycles. The Morgan fingerprint density at radius 2 is 1.78 bits per heavy atom. The molecule has 2 aromatic heterocycles. The van der Waals surface area contributed by atoms with Crippen molar-refractivity contribution in [3.8, 4) is 11.1 Å². The van der Waals surface area contributed by atoms with Crippen LogP contribution in [0.25, 0.3) is 33.1 Å². The fourth-order valence-corrected chi connectivity index (χ4v) is 3.65. The molecular formula is C22H20N2O3. The highest BCUT2D eigenvalue weighted by Crippen LogP contribution is 2.30. The van der Waals surface area contributed by atoms with E-state index in [1.54, 1.807) is 23.7 Å². The lowest BCUT2D eigenvalue weighted by atomic mass is 9.98. The van der Waals surface area contributed by atoms with Gasteiger partial charge in [0.1, 0.15) is 5.65 Å². The molecule has 4 rings (SSSR count). The molecule has 2 heterocycles. The zero-order chi connectivity index (χ0) is 19.3. The maximum atomic E-state index is 13.0. The summed E-state index contributed by atoms with van der Waals surface area (Å²) in [4.78, 5) is 28.2. The Kier molecular flexibility index (Phi) is 3.88. The number of hydrogen-bond acceptors (Lipinski definition) is 3. The summed E-state index contributed by atoms with van der Waals surface area (Å²) in [5.41, 5.74) is 5.79. The van der Waals surface area contributed by atoms with Gasteiger partial charge in [-0.3, -0.25) is 9.36 Å². The second kappa shape index (κ2) is 6.13. The van der Waals surface area contributed by atoms with E-state index in [0.29, 0.717) is 11.1 Å². The quantitative estimate of drug-likeness (QED) is 0.548. The van der Waals surface area contributed by atoms with Crippen LogP contribution in [-0.2, 0) is 11.8 Å². The first-order chi connectivity index (χ1) is 12.9. The highest BCUT2D eigenvalue weighted by atomic mass is 16.5. The van der Waals surface area contributed by atoms with Crippen molar-refractivity contribution in [1.29, 1.82) is 0 Å². The van der Waals surface area contributed by atoms with E-state index in [9.17, 15) is 9.59 Å². The minimum absolute atomic E-state index is 0.0609. The third kappa shape index (κ3) is 2.63. The van der Waals surface area contributed by atoms with Crippen LogP contribution in [0.15, 0.2) is 47.3 Å². The van der Waals surface area contributed by atoms with Gasteiger partial charge in [0.2, 0.25) is 0 Å². The lowest BCUT2D eigenvalue weighted by Crippen LogP contribution is -2.19. The third-order valence-corrected chi connectivity index (χ3v) is 5.07. The molecule has 2 aromatic carbocycles. The van der Waals surface area contributed by atoms with Crippen molar-refractivity contribution in [3.05, 3.63) is 69.5 Å². The predicted molar refractivity (Wildman–Crippen MR) is 107 cm³/mol. The molecule has 5 heteroatoms. The van der Waals surface area contributed by atoms with Gasteiger partial charge < -0.3 is 9.72 Å². The van der Waals surface area contributed by atoms with E-state index in [0.717, 1.165) is 38.6 Å². The molecule has 0 saturated carbocycles. The van der Waals surface area contributed by atoms with E-state index in [4.69, 9.17) is 4.74 Å². The number of fused-ring (bicyclic) bond motifs is 3. The number of rotatable bonds is 2. The smallest absolute Gasteiger partial charge is 0.337 e. The molecule has 136 valence electrons. The number of aromatic amines is 1. The number of carbonyl (C=O) groups is 1. The molecule has 0 aliphatic rings. The molecule has 27 heavy (non-hydrogen) atoms. The maximum Gasteiger partial charge on any atom is 0.337 e. The number of aromatic nitrogens is 2. The minimum atomic E-state index is -0.384. The lowest BCUT2D eigenvalue weighted by molar-refractivity contribution is 0.0601. The fourth-order valence-electron chi connectivity index (χ4n) is 3.65. The summed E-state index contributed by atoms with van der Waals surface area (Å²) in [6.07, 6.45) is 0. The van der Waals surface area contributed by atoms with Crippen molar-refractivity contribution in [3.63, 3.8) is 0 Å². The number of H-pyrrole nitrogens is 1. The summed E-state index contributed by atoms with van der Waals surface area (Å²) < 4.78 is 6.46. The molecular weight excluding hydrogens is 340 g/mol. The molecule has 0 unspecified atom stereocenters. The van der Waals surface area contributed by atoms with Crippen LogP contribution in [0, 0.1) is 13.8 Å². The van der Waals surface area contributed by atoms with Crippen molar-refractivity contribution in [2.45, 2.75) is 13.8 Å². The number of aryl methyl sites for hydroxylation is 3. The van der Waals surface area contributed by atoms with Crippen molar-refractivity contribution in [2.24, 2.45) is 7.05 Å². The van der Waals surface area contributed by atoms with Gasteiger partial charge in [0.25, 0.3) is 5.56 Å². The average molecular weight is 360 g/mol. The van der Waals surface area contributed by atoms with Gasteiger partial charge in [-0.15, -0.1) is 0 Å². The van der Waals surface area contributed by atoms with Crippen LogP contribution in [-0.4, -0.2) is 22.6 Å². The number of esters is 1. The van der Waals surface area contributed by atoms with Crippen molar-refractivity contribution in [2.75, 3.05) is 7.11 Å². The molecule has 0 bridgehead atoms. The van der Waals surface area contributed by atoms with E-state index >= 15 is 0 Å². The topological polar surface area (TPSA) is 64.1 Å². The number of hydrogen-bond donors (Lipinski definition) is 1. The van der Waals surface area contributed by atoms with Crippen molar-refractivity contribution < 1.29 is 9.53 Å². The molecule has 0 fully saturated rings. The first-order valence-electron chi connectivity index (χ1n) is 8.72. The van der Waals surface area contributed by atoms with E-state index < -0.39 is 0 Å². The van der Waals surface area contributed by atoms with Crippen LogP contribution < -0.4 is 5.56 Å². The largest absolute Gasteiger partial charge is 0.465 e. The second-order valence-electron chi connectivity index (χ2n) is 6.88. The van der Waals surface area contributed by atoms with Crippen LogP contribution in [0.4, 0.5) is 0 Å². The summed E-state index contributed by atoms with van der Waals surface area (Å²) >= 11 is 0. The van der Waals surface area contributed by atoms with E-state index in [1.165, 1.54) is 7.11 Å². The van der Waals surface area contributed by atoms with Crippen molar-refractivity contribution >= 4 is 27.9 Å². The predicted octanol–water partition coefficient (Wildman–Crippen LogP) is 4.09. The SMILES string of the molecule is COC(=O)c1ccc2[nH]c3c(cc(-c4ccc(C)cc4C)c(=O)n3C)c2c1. The third-order valence-electron chi connectivity index (χ3n) is 5.07. The first-order valence-corrected chi connectivity index (χ1v) is 8.72. The Hall–Kier alpha value is -3.34. The lowest BCUT2D eigenvalue weighted by Gasteiger charge is -2.09. The summed E-state index contributed by atoms with van der Waals surface area (Å²) in [6.45, 7) is 4.04. The number of benzene rings is 2. The molecule has 0 aliphatic carbocycles. The van der Waals surface area contributed by atoms with Gasteiger partial charge in [-0.25, -0.2) is 4.79 Å². The first kappa shape index (κ1) is 17.1. The summed E-state index contributed by atoms with van der Waals surface area (Å²) in [7, 11) is 3.12. The Bertz CT molecular complexity index is 1280. The van der Waals surface area contributed by atoms with Crippen LogP contribution in [0.3, 0.4) is 0 Å². The number of nitrogens with one attached hydrogen (secondary N) is 1. The second-order valence-corrected chi connectivity index (χ2v) is 6.88. The Morgan fingerprint density at radius 3 is 2.48 bits per heavy atom. The van der Waals surface area contributed by atoms with Crippen LogP contribution >= 0.6 is 0 Å². The Morgan fingerprint density at radius 1 is 1.00 bits per heavy atom. The summed E-state index contributed by atoms with van der Waals surface area (Å²) in [6, 6.07) is 13.3.